The number of esters is 1. The van der Waals surface area contributed by atoms with E-state index in [1.54, 1.807) is 0 Å². The fourth-order valence-corrected chi connectivity index (χ4v) is 2.01. The van der Waals surface area contributed by atoms with Crippen LogP contribution in [0.15, 0.2) is 47.4 Å². The number of aryl methyl sites for hydroxylation is 1. The Morgan fingerprint density at radius 1 is 1.13 bits per heavy atom. The minimum atomic E-state index is -0.557. The minimum Gasteiger partial charge on any atom is -0.465 e. The number of aromatic nitrogens is 1. The lowest BCUT2D eigenvalue weighted by atomic mass is 10.1. The van der Waals surface area contributed by atoms with Gasteiger partial charge in [0.15, 0.2) is 0 Å². The Morgan fingerprint density at radius 2 is 1.83 bits per heavy atom. The van der Waals surface area contributed by atoms with E-state index in [1.807, 2.05) is 31.2 Å². The Labute approximate surface area is 133 Å². The predicted octanol–water partition coefficient (Wildman–Crippen LogP) is 1.26. The van der Waals surface area contributed by atoms with E-state index in [0.717, 1.165) is 11.1 Å². The summed E-state index contributed by atoms with van der Waals surface area (Å²) in [7, 11) is 1.26. The Balaban J connectivity index is 2.01. The number of hydrogen-bond acceptors (Lipinski definition) is 4. The van der Waals surface area contributed by atoms with E-state index in [-0.39, 0.29) is 23.6 Å². The molecular weight excluding hydrogens is 296 g/mol. The van der Waals surface area contributed by atoms with Gasteiger partial charge in [0, 0.05) is 18.8 Å². The lowest BCUT2D eigenvalue weighted by Gasteiger charge is -2.09. The smallest absolute Gasteiger partial charge is 0.339 e. The molecule has 1 heterocycles. The summed E-state index contributed by atoms with van der Waals surface area (Å²) >= 11 is 0. The van der Waals surface area contributed by atoms with Crippen LogP contribution in [0.4, 0.5) is 0 Å². The summed E-state index contributed by atoms with van der Waals surface area (Å²) in [5.74, 6) is -0.867. The number of carbonyl (C=O) groups is 2. The highest BCUT2D eigenvalue weighted by Crippen LogP contribution is 2.02. The van der Waals surface area contributed by atoms with Gasteiger partial charge in [0.05, 0.1) is 12.7 Å². The van der Waals surface area contributed by atoms with E-state index in [0.29, 0.717) is 6.54 Å². The van der Waals surface area contributed by atoms with Gasteiger partial charge in [0.2, 0.25) is 5.91 Å². The molecule has 6 heteroatoms. The highest BCUT2D eigenvalue weighted by molar-refractivity contribution is 5.88. The molecule has 0 fully saturated rings. The van der Waals surface area contributed by atoms with Crippen LogP contribution in [-0.4, -0.2) is 23.6 Å². The molecule has 0 saturated carbocycles. The average molecular weight is 314 g/mol. The maximum Gasteiger partial charge on any atom is 0.339 e. The molecule has 1 aromatic carbocycles. The summed E-state index contributed by atoms with van der Waals surface area (Å²) in [6.45, 7) is 2.21. The lowest BCUT2D eigenvalue weighted by molar-refractivity contribution is -0.121. The van der Waals surface area contributed by atoms with E-state index >= 15 is 0 Å². The van der Waals surface area contributed by atoms with Gasteiger partial charge in [0.25, 0.3) is 5.56 Å². The largest absolute Gasteiger partial charge is 0.465 e. The van der Waals surface area contributed by atoms with Gasteiger partial charge in [-0.25, -0.2) is 4.79 Å². The number of rotatable bonds is 5. The standard InChI is InChI=1S/C17H18N2O4/c1-12-3-5-13(6-4-12)9-18-15(20)11-19-10-14(17(22)23-2)7-8-16(19)21/h3-8,10H,9,11H2,1-2H3,(H,18,20). The van der Waals surface area contributed by atoms with Crippen LogP contribution >= 0.6 is 0 Å². The Bertz CT molecular complexity index is 763. The lowest BCUT2D eigenvalue weighted by Crippen LogP contribution is -2.32. The molecule has 1 amide bonds. The van der Waals surface area contributed by atoms with E-state index in [4.69, 9.17) is 0 Å². The van der Waals surface area contributed by atoms with Gasteiger partial charge in [-0.1, -0.05) is 29.8 Å². The Hall–Kier alpha value is -2.89. The van der Waals surface area contributed by atoms with Crippen molar-refractivity contribution < 1.29 is 14.3 Å². The van der Waals surface area contributed by atoms with Crippen molar-refractivity contribution in [3.63, 3.8) is 0 Å². The van der Waals surface area contributed by atoms with Crippen molar-refractivity contribution in [3.8, 4) is 0 Å². The van der Waals surface area contributed by atoms with Crippen LogP contribution in [0.25, 0.3) is 0 Å². The number of carbonyl (C=O) groups excluding carboxylic acids is 2. The SMILES string of the molecule is COC(=O)c1ccc(=O)n(CC(=O)NCc2ccc(C)cc2)c1. The van der Waals surface area contributed by atoms with E-state index < -0.39 is 5.97 Å². The highest BCUT2D eigenvalue weighted by Gasteiger charge is 2.09. The molecule has 0 unspecified atom stereocenters. The van der Waals surface area contributed by atoms with E-state index in [9.17, 15) is 14.4 Å². The average Bonchev–Trinajstić information content (AvgIpc) is 2.55. The molecule has 120 valence electrons. The third kappa shape index (κ3) is 4.54. The number of nitrogens with zero attached hydrogens (tertiary/aromatic N) is 1. The first kappa shape index (κ1) is 16.5. The molecule has 0 aliphatic rings. The van der Waals surface area contributed by atoms with Gasteiger partial charge >= 0.3 is 5.97 Å². The van der Waals surface area contributed by atoms with Crippen LogP contribution < -0.4 is 10.9 Å². The zero-order valence-corrected chi connectivity index (χ0v) is 13.0. The molecule has 1 N–H and O–H groups in total. The van der Waals surface area contributed by atoms with Crippen LogP contribution in [0.3, 0.4) is 0 Å². The predicted molar refractivity (Wildman–Crippen MR) is 85.1 cm³/mol. The van der Waals surface area contributed by atoms with Crippen molar-refractivity contribution >= 4 is 11.9 Å². The first-order valence-electron chi connectivity index (χ1n) is 7.10. The van der Waals surface area contributed by atoms with E-state index in [1.165, 1.54) is 30.0 Å². The van der Waals surface area contributed by atoms with Gasteiger partial charge in [-0.05, 0) is 18.6 Å². The van der Waals surface area contributed by atoms with Crippen molar-refractivity contribution in [1.82, 2.24) is 9.88 Å². The topological polar surface area (TPSA) is 77.4 Å². The van der Waals surface area contributed by atoms with Gasteiger partial charge in [0.1, 0.15) is 6.54 Å². The molecule has 0 saturated heterocycles. The Kier molecular flexibility index (Phi) is 5.30. The van der Waals surface area contributed by atoms with Crippen molar-refractivity contribution in [1.29, 1.82) is 0 Å². The Morgan fingerprint density at radius 3 is 2.48 bits per heavy atom. The molecule has 1 aromatic heterocycles. The molecule has 23 heavy (non-hydrogen) atoms. The molecular formula is C17H18N2O4. The number of pyridine rings is 1. The summed E-state index contributed by atoms with van der Waals surface area (Å²) < 4.78 is 5.77. The van der Waals surface area contributed by atoms with E-state index in [2.05, 4.69) is 10.1 Å². The van der Waals surface area contributed by atoms with Crippen LogP contribution in [-0.2, 0) is 22.6 Å². The molecule has 0 aliphatic carbocycles. The molecule has 0 radical (unpaired) electrons. The van der Waals surface area contributed by atoms with Gasteiger partial charge < -0.3 is 14.6 Å². The van der Waals surface area contributed by atoms with Gasteiger partial charge in [-0.2, -0.15) is 0 Å². The minimum absolute atomic E-state index is 0.157. The molecule has 2 rings (SSSR count). The van der Waals surface area contributed by atoms with Crippen molar-refractivity contribution in [2.45, 2.75) is 20.0 Å². The van der Waals surface area contributed by atoms with Crippen molar-refractivity contribution in [2.24, 2.45) is 0 Å². The second-order valence-electron chi connectivity index (χ2n) is 5.14. The first-order chi connectivity index (χ1) is 11.0. The number of ether oxygens (including phenoxy) is 1. The van der Waals surface area contributed by atoms with Crippen molar-refractivity contribution in [3.05, 3.63) is 69.6 Å². The number of amides is 1. The fraction of sp³-hybridized carbons (Fsp3) is 0.235. The maximum atomic E-state index is 12.0. The van der Waals surface area contributed by atoms with Crippen LogP contribution in [0.2, 0.25) is 0 Å². The summed E-state index contributed by atoms with van der Waals surface area (Å²) in [4.78, 5) is 35.2. The number of nitrogens with one attached hydrogen (secondary N) is 1. The second kappa shape index (κ2) is 7.40. The zero-order chi connectivity index (χ0) is 16.8. The maximum absolute atomic E-state index is 12.0. The zero-order valence-electron chi connectivity index (χ0n) is 13.0. The summed E-state index contributed by atoms with van der Waals surface area (Å²) in [6, 6.07) is 10.4. The number of methoxy groups -OCH3 is 1. The molecule has 0 spiro atoms. The third-order valence-electron chi connectivity index (χ3n) is 3.33. The monoisotopic (exact) mass is 314 g/mol. The van der Waals surface area contributed by atoms with Crippen LogP contribution in [0, 0.1) is 6.92 Å². The van der Waals surface area contributed by atoms with Gasteiger partial charge in [-0.3, -0.25) is 9.59 Å². The van der Waals surface area contributed by atoms with Crippen LogP contribution in [0.5, 0.6) is 0 Å². The fourth-order valence-electron chi connectivity index (χ4n) is 2.01. The summed E-state index contributed by atoms with van der Waals surface area (Å²) in [5, 5.41) is 2.74. The van der Waals surface area contributed by atoms with Crippen LogP contribution in [0.1, 0.15) is 21.5 Å². The summed E-state index contributed by atoms with van der Waals surface area (Å²) in [5.41, 5.74) is 1.98. The van der Waals surface area contributed by atoms with Crippen molar-refractivity contribution in [2.75, 3.05) is 7.11 Å². The number of hydrogen-bond donors (Lipinski definition) is 1. The highest BCUT2D eigenvalue weighted by atomic mass is 16.5. The molecule has 6 nitrogen and oxygen atoms in total. The molecule has 2 aromatic rings. The second-order valence-corrected chi connectivity index (χ2v) is 5.14. The molecule has 0 bridgehead atoms. The quantitative estimate of drug-likeness (QED) is 0.843. The molecule has 0 atom stereocenters. The summed E-state index contributed by atoms with van der Waals surface area (Å²) in [6.07, 6.45) is 1.32. The number of benzene rings is 1. The van der Waals surface area contributed by atoms with Gasteiger partial charge in [-0.15, -0.1) is 0 Å². The molecule has 0 aliphatic heterocycles. The third-order valence-corrected chi connectivity index (χ3v) is 3.33. The first-order valence-corrected chi connectivity index (χ1v) is 7.10. The normalized spacial score (nSPS) is 10.2.